The van der Waals surface area contributed by atoms with Crippen LogP contribution in [0.2, 0.25) is 0 Å². The van der Waals surface area contributed by atoms with E-state index in [9.17, 15) is 9.18 Å². The normalized spacial score (nSPS) is 16.6. The minimum atomic E-state index is -0.925. The van der Waals surface area contributed by atoms with Crippen molar-refractivity contribution >= 4 is 11.7 Å². The van der Waals surface area contributed by atoms with Gasteiger partial charge in [-0.05, 0) is 66.8 Å². The van der Waals surface area contributed by atoms with E-state index in [0.29, 0.717) is 0 Å². The second-order valence-electron chi connectivity index (χ2n) is 5.41. The van der Waals surface area contributed by atoms with Crippen LogP contribution in [-0.2, 0) is 6.42 Å². The standard InChI is InChI=1S/C17H16FNO2/c1-10-8-12(17(20)21)3-6-15(10)19-16-7-2-11-9-13(18)4-5-14(11)16/h3-6,8-9,16,19H,2,7H2,1H3,(H,20,21). The van der Waals surface area contributed by atoms with E-state index in [2.05, 4.69) is 5.32 Å². The first kappa shape index (κ1) is 13.6. The number of halogens is 1. The molecule has 0 aliphatic heterocycles. The maximum atomic E-state index is 13.2. The fourth-order valence-electron chi connectivity index (χ4n) is 2.88. The Morgan fingerprint density at radius 1 is 1.29 bits per heavy atom. The van der Waals surface area contributed by atoms with Gasteiger partial charge in [-0.1, -0.05) is 6.07 Å². The number of rotatable bonds is 3. The van der Waals surface area contributed by atoms with Crippen molar-refractivity contribution in [3.8, 4) is 0 Å². The van der Waals surface area contributed by atoms with E-state index in [-0.39, 0.29) is 17.4 Å². The predicted octanol–water partition coefficient (Wildman–Crippen LogP) is 3.93. The molecule has 2 aromatic rings. The number of aryl methyl sites for hydroxylation is 2. The molecule has 0 saturated heterocycles. The zero-order valence-corrected chi connectivity index (χ0v) is 11.7. The molecule has 0 fully saturated rings. The first-order chi connectivity index (χ1) is 10.0. The monoisotopic (exact) mass is 285 g/mol. The Morgan fingerprint density at radius 3 is 2.81 bits per heavy atom. The van der Waals surface area contributed by atoms with E-state index in [0.717, 1.165) is 35.2 Å². The predicted molar refractivity (Wildman–Crippen MR) is 79.2 cm³/mol. The molecule has 3 rings (SSSR count). The van der Waals surface area contributed by atoms with Gasteiger partial charge in [-0.3, -0.25) is 0 Å². The maximum absolute atomic E-state index is 13.2. The van der Waals surface area contributed by atoms with E-state index in [4.69, 9.17) is 5.11 Å². The molecule has 0 bridgehead atoms. The summed E-state index contributed by atoms with van der Waals surface area (Å²) in [5.41, 5.74) is 4.27. The molecule has 1 atom stereocenters. The second-order valence-corrected chi connectivity index (χ2v) is 5.41. The lowest BCUT2D eigenvalue weighted by molar-refractivity contribution is 0.0697. The van der Waals surface area contributed by atoms with Crippen molar-refractivity contribution in [2.24, 2.45) is 0 Å². The Morgan fingerprint density at radius 2 is 2.10 bits per heavy atom. The van der Waals surface area contributed by atoms with Gasteiger partial charge in [0.25, 0.3) is 0 Å². The highest BCUT2D eigenvalue weighted by Crippen LogP contribution is 2.35. The SMILES string of the molecule is Cc1cc(C(=O)O)ccc1NC1CCc2cc(F)ccc21. The van der Waals surface area contributed by atoms with Crippen molar-refractivity contribution in [2.75, 3.05) is 5.32 Å². The van der Waals surface area contributed by atoms with Crippen LogP contribution in [0.1, 0.15) is 39.5 Å². The minimum absolute atomic E-state index is 0.148. The molecule has 0 radical (unpaired) electrons. The quantitative estimate of drug-likeness (QED) is 0.898. The lowest BCUT2D eigenvalue weighted by Crippen LogP contribution is -2.09. The number of hydrogen-bond donors (Lipinski definition) is 2. The molecule has 4 heteroatoms. The van der Waals surface area contributed by atoms with Crippen molar-refractivity contribution in [1.82, 2.24) is 0 Å². The molecule has 0 aromatic heterocycles. The molecular formula is C17H16FNO2. The number of aromatic carboxylic acids is 1. The maximum Gasteiger partial charge on any atom is 0.335 e. The van der Waals surface area contributed by atoms with Crippen LogP contribution in [0, 0.1) is 12.7 Å². The van der Waals surface area contributed by atoms with Crippen LogP contribution in [0.3, 0.4) is 0 Å². The summed E-state index contributed by atoms with van der Waals surface area (Å²) >= 11 is 0. The molecule has 108 valence electrons. The van der Waals surface area contributed by atoms with Crippen LogP contribution in [0.5, 0.6) is 0 Å². The topological polar surface area (TPSA) is 49.3 Å². The number of carbonyl (C=O) groups is 1. The van der Waals surface area contributed by atoms with Crippen molar-refractivity contribution in [2.45, 2.75) is 25.8 Å². The van der Waals surface area contributed by atoms with Crippen LogP contribution in [0.25, 0.3) is 0 Å². The van der Waals surface area contributed by atoms with Gasteiger partial charge >= 0.3 is 5.97 Å². The largest absolute Gasteiger partial charge is 0.478 e. The summed E-state index contributed by atoms with van der Waals surface area (Å²) in [6.45, 7) is 1.88. The van der Waals surface area contributed by atoms with E-state index in [1.54, 1.807) is 24.3 Å². The van der Waals surface area contributed by atoms with Crippen molar-refractivity contribution in [3.63, 3.8) is 0 Å². The van der Waals surface area contributed by atoms with Gasteiger partial charge in [-0.15, -0.1) is 0 Å². The average molecular weight is 285 g/mol. The summed E-state index contributed by atoms with van der Waals surface area (Å²) in [6.07, 6.45) is 1.77. The van der Waals surface area contributed by atoms with Crippen LogP contribution < -0.4 is 5.32 Å². The molecule has 21 heavy (non-hydrogen) atoms. The number of fused-ring (bicyclic) bond motifs is 1. The van der Waals surface area contributed by atoms with Gasteiger partial charge in [0.15, 0.2) is 0 Å². The van der Waals surface area contributed by atoms with Gasteiger partial charge in [0.05, 0.1) is 11.6 Å². The van der Waals surface area contributed by atoms with Gasteiger partial charge in [-0.2, -0.15) is 0 Å². The van der Waals surface area contributed by atoms with Crippen molar-refractivity contribution in [3.05, 3.63) is 64.5 Å². The van der Waals surface area contributed by atoms with Crippen LogP contribution in [-0.4, -0.2) is 11.1 Å². The number of benzene rings is 2. The number of hydrogen-bond acceptors (Lipinski definition) is 2. The first-order valence-corrected chi connectivity index (χ1v) is 6.93. The molecular weight excluding hydrogens is 269 g/mol. The number of anilines is 1. The van der Waals surface area contributed by atoms with Crippen LogP contribution in [0.4, 0.5) is 10.1 Å². The molecule has 0 heterocycles. The van der Waals surface area contributed by atoms with E-state index < -0.39 is 5.97 Å². The molecule has 1 unspecified atom stereocenters. The first-order valence-electron chi connectivity index (χ1n) is 6.93. The van der Waals surface area contributed by atoms with Gasteiger partial charge in [0.1, 0.15) is 5.82 Å². The van der Waals surface area contributed by atoms with E-state index in [1.165, 1.54) is 6.07 Å². The van der Waals surface area contributed by atoms with E-state index >= 15 is 0 Å². The van der Waals surface area contributed by atoms with Crippen molar-refractivity contribution in [1.29, 1.82) is 0 Å². The summed E-state index contributed by atoms with van der Waals surface area (Å²) in [5.74, 6) is -1.12. The fraction of sp³-hybridized carbons (Fsp3) is 0.235. The third-order valence-corrected chi connectivity index (χ3v) is 3.99. The van der Waals surface area contributed by atoms with Crippen molar-refractivity contribution < 1.29 is 14.3 Å². The van der Waals surface area contributed by atoms with Gasteiger partial charge < -0.3 is 10.4 Å². The van der Waals surface area contributed by atoms with Gasteiger partial charge in [0, 0.05) is 5.69 Å². The minimum Gasteiger partial charge on any atom is -0.478 e. The van der Waals surface area contributed by atoms with Crippen LogP contribution in [0.15, 0.2) is 36.4 Å². The molecule has 1 aliphatic rings. The lowest BCUT2D eigenvalue weighted by atomic mass is 10.1. The number of carboxylic acid groups (broad SMARTS) is 1. The molecule has 0 spiro atoms. The fourth-order valence-corrected chi connectivity index (χ4v) is 2.88. The average Bonchev–Trinajstić information content (AvgIpc) is 2.83. The van der Waals surface area contributed by atoms with Crippen LogP contribution >= 0.6 is 0 Å². The zero-order chi connectivity index (χ0) is 15.0. The summed E-state index contributed by atoms with van der Waals surface area (Å²) < 4.78 is 13.2. The Labute approximate surface area is 122 Å². The molecule has 2 N–H and O–H groups in total. The third kappa shape index (κ3) is 2.61. The Bertz CT molecular complexity index is 712. The second kappa shape index (κ2) is 5.20. The lowest BCUT2D eigenvalue weighted by Gasteiger charge is -2.17. The number of carboxylic acids is 1. The summed E-state index contributed by atoms with van der Waals surface area (Å²) in [6, 6.07) is 10.1. The molecule has 2 aromatic carbocycles. The molecule has 0 amide bonds. The molecule has 3 nitrogen and oxygen atoms in total. The highest BCUT2D eigenvalue weighted by atomic mass is 19.1. The zero-order valence-electron chi connectivity index (χ0n) is 11.7. The summed E-state index contributed by atoms with van der Waals surface area (Å²) in [4.78, 5) is 10.9. The third-order valence-electron chi connectivity index (χ3n) is 3.99. The Balaban J connectivity index is 1.84. The molecule has 0 saturated carbocycles. The van der Waals surface area contributed by atoms with Gasteiger partial charge in [0.2, 0.25) is 0 Å². The van der Waals surface area contributed by atoms with Gasteiger partial charge in [-0.25, -0.2) is 9.18 Å². The summed E-state index contributed by atoms with van der Waals surface area (Å²) in [5, 5.41) is 12.4. The van der Waals surface area contributed by atoms with E-state index in [1.807, 2.05) is 13.0 Å². The Kier molecular flexibility index (Phi) is 3.37. The Hall–Kier alpha value is -2.36. The smallest absolute Gasteiger partial charge is 0.335 e. The highest BCUT2D eigenvalue weighted by Gasteiger charge is 2.23. The summed E-state index contributed by atoms with van der Waals surface area (Å²) in [7, 11) is 0. The highest BCUT2D eigenvalue weighted by molar-refractivity contribution is 5.88. The number of nitrogens with one attached hydrogen (secondary N) is 1. The molecule has 1 aliphatic carbocycles.